The van der Waals surface area contributed by atoms with Gasteiger partial charge < -0.3 is 4.90 Å². The zero-order valence-electron chi connectivity index (χ0n) is 9.86. The molecule has 16 heavy (non-hydrogen) atoms. The molecule has 0 radical (unpaired) electrons. The number of hydrogen-bond donors (Lipinski definition) is 0. The summed E-state index contributed by atoms with van der Waals surface area (Å²) >= 11 is 0. The van der Waals surface area contributed by atoms with E-state index in [-0.39, 0.29) is 29.5 Å². The van der Waals surface area contributed by atoms with Crippen molar-refractivity contribution in [2.75, 3.05) is 12.3 Å². The molecule has 0 aliphatic carbocycles. The summed E-state index contributed by atoms with van der Waals surface area (Å²) < 4.78 is 21.9. The fourth-order valence-corrected chi connectivity index (χ4v) is 3.27. The van der Waals surface area contributed by atoms with Gasteiger partial charge in [0, 0.05) is 35.1 Å². The standard InChI is InChI=1S/C10H18ClNO3S/c1-4-10(2,3)12-6-8(5-9(12)13)7-16(11,14)15/h8H,4-7H2,1-3H3. The van der Waals surface area contributed by atoms with E-state index < -0.39 is 9.05 Å². The van der Waals surface area contributed by atoms with Gasteiger partial charge in [0.15, 0.2) is 0 Å². The van der Waals surface area contributed by atoms with Gasteiger partial charge in [0.25, 0.3) is 0 Å². The summed E-state index contributed by atoms with van der Waals surface area (Å²) in [4.78, 5) is 13.5. The van der Waals surface area contributed by atoms with Gasteiger partial charge in [-0.15, -0.1) is 0 Å². The molecule has 1 heterocycles. The number of amides is 1. The van der Waals surface area contributed by atoms with Crippen LogP contribution in [0.1, 0.15) is 33.6 Å². The van der Waals surface area contributed by atoms with Crippen molar-refractivity contribution in [3.63, 3.8) is 0 Å². The van der Waals surface area contributed by atoms with Crippen molar-refractivity contribution < 1.29 is 13.2 Å². The third-order valence-electron chi connectivity index (χ3n) is 3.24. The van der Waals surface area contributed by atoms with Crippen molar-refractivity contribution in [1.29, 1.82) is 0 Å². The molecule has 0 bridgehead atoms. The van der Waals surface area contributed by atoms with Gasteiger partial charge in [-0.3, -0.25) is 4.79 Å². The van der Waals surface area contributed by atoms with E-state index in [1.807, 2.05) is 20.8 Å². The number of hydrogen-bond acceptors (Lipinski definition) is 3. The largest absolute Gasteiger partial charge is 0.337 e. The average Bonchev–Trinajstić information content (AvgIpc) is 2.44. The first-order chi connectivity index (χ1) is 7.15. The second-order valence-corrected chi connectivity index (χ2v) is 7.77. The molecule has 94 valence electrons. The predicted molar refractivity (Wildman–Crippen MR) is 63.8 cm³/mol. The van der Waals surface area contributed by atoms with E-state index in [1.165, 1.54) is 0 Å². The molecule has 1 atom stereocenters. The summed E-state index contributed by atoms with van der Waals surface area (Å²) in [6.45, 7) is 6.48. The van der Waals surface area contributed by atoms with E-state index in [0.717, 1.165) is 6.42 Å². The first-order valence-electron chi connectivity index (χ1n) is 5.38. The van der Waals surface area contributed by atoms with E-state index >= 15 is 0 Å². The van der Waals surface area contributed by atoms with Gasteiger partial charge in [-0.05, 0) is 20.3 Å². The van der Waals surface area contributed by atoms with Crippen LogP contribution in [-0.2, 0) is 13.8 Å². The van der Waals surface area contributed by atoms with E-state index in [4.69, 9.17) is 10.7 Å². The fraction of sp³-hybridized carbons (Fsp3) is 0.900. The second-order valence-electron chi connectivity index (χ2n) is 4.95. The van der Waals surface area contributed by atoms with Gasteiger partial charge in [0.1, 0.15) is 0 Å². The maximum Gasteiger partial charge on any atom is 0.232 e. The van der Waals surface area contributed by atoms with Crippen LogP contribution in [0.2, 0.25) is 0 Å². The van der Waals surface area contributed by atoms with Crippen LogP contribution in [0.3, 0.4) is 0 Å². The summed E-state index contributed by atoms with van der Waals surface area (Å²) in [6.07, 6.45) is 1.13. The number of halogens is 1. The van der Waals surface area contributed by atoms with E-state index in [9.17, 15) is 13.2 Å². The van der Waals surface area contributed by atoms with Crippen LogP contribution >= 0.6 is 10.7 Å². The Morgan fingerprint density at radius 1 is 1.50 bits per heavy atom. The van der Waals surface area contributed by atoms with E-state index in [1.54, 1.807) is 4.90 Å². The van der Waals surface area contributed by atoms with Crippen LogP contribution in [0.25, 0.3) is 0 Å². The molecule has 1 unspecified atom stereocenters. The fourth-order valence-electron chi connectivity index (χ4n) is 1.95. The molecule has 0 saturated carbocycles. The molecule has 0 aromatic heterocycles. The Bertz CT molecular complexity index is 378. The van der Waals surface area contributed by atoms with Crippen LogP contribution in [0.5, 0.6) is 0 Å². The van der Waals surface area contributed by atoms with Gasteiger partial charge in [-0.25, -0.2) is 8.42 Å². The highest BCUT2D eigenvalue weighted by atomic mass is 35.7. The smallest absolute Gasteiger partial charge is 0.232 e. The monoisotopic (exact) mass is 267 g/mol. The van der Waals surface area contributed by atoms with Crippen molar-refractivity contribution in [1.82, 2.24) is 4.90 Å². The predicted octanol–water partition coefficient (Wildman–Crippen LogP) is 1.59. The molecular formula is C10H18ClNO3S. The maximum absolute atomic E-state index is 11.8. The Labute approximate surface area is 101 Å². The van der Waals surface area contributed by atoms with E-state index in [2.05, 4.69) is 0 Å². The number of nitrogens with zero attached hydrogens (tertiary/aromatic N) is 1. The lowest BCUT2D eigenvalue weighted by Crippen LogP contribution is -2.44. The van der Waals surface area contributed by atoms with Crippen molar-refractivity contribution >= 4 is 25.6 Å². The zero-order chi connectivity index (χ0) is 12.6. The first-order valence-corrected chi connectivity index (χ1v) is 7.86. The molecule has 4 nitrogen and oxygen atoms in total. The molecule has 0 aromatic carbocycles. The molecule has 1 aliphatic heterocycles. The number of carbonyl (C=O) groups is 1. The zero-order valence-corrected chi connectivity index (χ0v) is 11.4. The van der Waals surface area contributed by atoms with Gasteiger partial charge in [0.05, 0.1) is 5.75 Å². The van der Waals surface area contributed by atoms with Gasteiger partial charge in [-0.2, -0.15) is 0 Å². The lowest BCUT2D eigenvalue weighted by Gasteiger charge is -2.35. The third kappa shape index (κ3) is 3.35. The molecule has 1 aliphatic rings. The Balaban J connectivity index is 2.72. The average molecular weight is 268 g/mol. The number of rotatable bonds is 4. The minimum absolute atomic E-state index is 0.0252. The lowest BCUT2D eigenvalue weighted by atomic mass is 10.00. The highest BCUT2D eigenvalue weighted by Crippen LogP contribution is 2.29. The molecule has 1 fully saturated rings. The highest BCUT2D eigenvalue weighted by Gasteiger charge is 2.38. The SMILES string of the molecule is CCC(C)(C)N1CC(CS(=O)(=O)Cl)CC1=O. The molecule has 0 aromatic rings. The molecule has 1 amide bonds. The minimum atomic E-state index is -3.51. The summed E-state index contributed by atoms with van der Waals surface area (Å²) in [5.41, 5.74) is -0.206. The van der Waals surface area contributed by atoms with Crippen LogP contribution in [0, 0.1) is 5.92 Å². The van der Waals surface area contributed by atoms with Crippen molar-refractivity contribution in [3.8, 4) is 0 Å². The number of carbonyl (C=O) groups excluding carboxylic acids is 1. The normalized spacial score (nSPS) is 22.9. The molecular weight excluding hydrogens is 250 g/mol. The minimum Gasteiger partial charge on any atom is -0.337 e. The van der Waals surface area contributed by atoms with Crippen molar-refractivity contribution in [2.24, 2.45) is 5.92 Å². The second kappa shape index (κ2) is 4.53. The molecule has 1 saturated heterocycles. The molecule has 1 rings (SSSR count). The van der Waals surface area contributed by atoms with Crippen LogP contribution in [-0.4, -0.2) is 37.1 Å². The molecule has 6 heteroatoms. The van der Waals surface area contributed by atoms with E-state index in [0.29, 0.717) is 6.54 Å². The maximum atomic E-state index is 11.8. The topological polar surface area (TPSA) is 54.5 Å². The van der Waals surface area contributed by atoms with Crippen molar-refractivity contribution in [3.05, 3.63) is 0 Å². The Kier molecular flexibility index (Phi) is 3.90. The summed E-state index contributed by atoms with van der Waals surface area (Å²) in [7, 11) is 1.69. The van der Waals surface area contributed by atoms with Crippen molar-refractivity contribution in [2.45, 2.75) is 39.2 Å². The molecule has 0 spiro atoms. The first kappa shape index (κ1) is 13.8. The van der Waals surface area contributed by atoms with Gasteiger partial charge in [0.2, 0.25) is 15.0 Å². The Hall–Kier alpha value is -0.290. The van der Waals surface area contributed by atoms with Gasteiger partial charge >= 0.3 is 0 Å². The van der Waals surface area contributed by atoms with Gasteiger partial charge in [-0.1, -0.05) is 6.92 Å². The lowest BCUT2D eigenvalue weighted by molar-refractivity contribution is -0.132. The quantitative estimate of drug-likeness (QED) is 0.727. The highest BCUT2D eigenvalue weighted by molar-refractivity contribution is 8.13. The number of likely N-dealkylation sites (tertiary alicyclic amines) is 1. The third-order valence-corrected chi connectivity index (χ3v) is 4.48. The molecule has 0 N–H and O–H groups in total. The van der Waals surface area contributed by atoms with Crippen LogP contribution < -0.4 is 0 Å². The summed E-state index contributed by atoms with van der Waals surface area (Å²) in [5, 5.41) is 0. The Morgan fingerprint density at radius 2 is 2.06 bits per heavy atom. The summed E-state index contributed by atoms with van der Waals surface area (Å²) in [6, 6.07) is 0. The van der Waals surface area contributed by atoms with Crippen LogP contribution in [0.4, 0.5) is 0 Å². The van der Waals surface area contributed by atoms with Crippen LogP contribution in [0.15, 0.2) is 0 Å². The Morgan fingerprint density at radius 3 is 2.50 bits per heavy atom. The summed E-state index contributed by atoms with van der Waals surface area (Å²) in [5.74, 6) is -0.255.